The Balaban J connectivity index is 2.38. The molecule has 0 aromatic carbocycles. The molecule has 0 spiro atoms. The third-order valence-electron chi connectivity index (χ3n) is 3.88. The summed E-state index contributed by atoms with van der Waals surface area (Å²) in [6.45, 7) is 8.79. The van der Waals surface area contributed by atoms with Crippen molar-refractivity contribution in [2.24, 2.45) is 5.73 Å². The van der Waals surface area contributed by atoms with Crippen LogP contribution in [0.15, 0.2) is 23.5 Å². The largest absolute Gasteiger partial charge is 0.492 e. The van der Waals surface area contributed by atoms with E-state index in [1.807, 2.05) is 0 Å². The van der Waals surface area contributed by atoms with Crippen molar-refractivity contribution in [1.82, 2.24) is 0 Å². The Morgan fingerprint density at radius 2 is 2.00 bits per heavy atom. The van der Waals surface area contributed by atoms with Crippen LogP contribution in [0, 0.1) is 0 Å². The van der Waals surface area contributed by atoms with E-state index in [0.29, 0.717) is 0 Å². The fourth-order valence-electron chi connectivity index (χ4n) is 2.54. The number of ether oxygens (including phenoxy) is 1. The molecule has 1 rings (SSSR count). The van der Waals surface area contributed by atoms with E-state index in [9.17, 15) is 0 Å². The summed E-state index contributed by atoms with van der Waals surface area (Å²) in [7, 11) is 0. The maximum absolute atomic E-state index is 6.21. The molecule has 1 aliphatic carbocycles. The van der Waals surface area contributed by atoms with Gasteiger partial charge in [0.1, 0.15) is 5.60 Å². The van der Waals surface area contributed by atoms with Crippen LogP contribution in [0.5, 0.6) is 0 Å². The van der Waals surface area contributed by atoms with Gasteiger partial charge in [-0.05, 0) is 63.5 Å². The van der Waals surface area contributed by atoms with Crippen LogP contribution >= 0.6 is 11.8 Å². The summed E-state index contributed by atoms with van der Waals surface area (Å²) in [6.07, 6.45) is 11.0. The van der Waals surface area contributed by atoms with Gasteiger partial charge in [-0.15, -0.1) is 0 Å². The Kier molecular flexibility index (Phi) is 8.50. The van der Waals surface area contributed by atoms with Gasteiger partial charge in [0.05, 0.1) is 5.76 Å². The van der Waals surface area contributed by atoms with Crippen LogP contribution in [0.4, 0.5) is 0 Å². The van der Waals surface area contributed by atoms with Gasteiger partial charge in [0.2, 0.25) is 0 Å². The molecule has 1 aliphatic rings. The number of allylic oxidation sites excluding steroid dienone is 3. The molecule has 21 heavy (non-hydrogen) atoms. The minimum atomic E-state index is -0.0587. The molecule has 0 heterocycles. The van der Waals surface area contributed by atoms with Crippen LogP contribution in [-0.2, 0) is 4.74 Å². The lowest BCUT2D eigenvalue weighted by molar-refractivity contribution is 0.0219. The van der Waals surface area contributed by atoms with Gasteiger partial charge in [0.25, 0.3) is 0 Å². The first-order valence-electron chi connectivity index (χ1n) is 8.40. The summed E-state index contributed by atoms with van der Waals surface area (Å²) in [4.78, 5) is 0. The Morgan fingerprint density at radius 3 is 2.57 bits per heavy atom. The molecule has 0 fully saturated rings. The first-order chi connectivity index (χ1) is 9.98. The van der Waals surface area contributed by atoms with Gasteiger partial charge in [0.15, 0.2) is 0 Å². The first-order valence-corrected chi connectivity index (χ1v) is 9.56. The zero-order chi connectivity index (χ0) is 15.7. The van der Waals surface area contributed by atoms with Gasteiger partial charge in [-0.25, -0.2) is 0 Å². The van der Waals surface area contributed by atoms with Crippen LogP contribution in [0.3, 0.4) is 0 Å². The van der Waals surface area contributed by atoms with Crippen molar-refractivity contribution >= 4 is 11.8 Å². The lowest BCUT2D eigenvalue weighted by atomic mass is 9.95. The fourth-order valence-corrected chi connectivity index (χ4v) is 3.38. The number of rotatable bonds is 10. The monoisotopic (exact) mass is 311 g/mol. The average Bonchev–Trinajstić information content (AvgIpc) is 2.46. The Labute approximate surface area is 135 Å². The maximum Gasteiger partial charge on any atom is 0.103 e. The van der Waals surface area contributed by atoms with Gasteiger partial charge in [-0.1, -0.05) is 25.5 Å². The van der Waals surface area contributed by atoms with Gasteiger partial charge < -0.3 is 10.5 Å². The van der Waals surface area contributed by atoms with E-state index >= 15 is 0 Å². The second kappa shape index (κ2) is 9.58. The summed E-state index contributed by atoms with van der Waals surface area (Å²) in [5, 5.41) is 0. The molecule has 0 saturated heterocycles. The van der Waals surface area contributed by atoms with Crippen LogP contribution in [0.25, 0.3) is 0 Å². The number of nitrogens with two attached hydrogens (primary N) is 1. The summed E-state index contributed by atoms with van der Waals surface area (Å²) in [6, 6.07) is 0.214. The van der Waals surface area contributed by atoms with Crippen molar-refractivity contribution in [1.29, 1.82) is 0 Å². The van der Waals surface area contributed by atoms with E-state index in [0.717, 1.165) is 31.4 Å². The Bertz CT molecular complexity index is 360. The van der Waals surface area contributed by atoms with Crippen molar-refractivity contribution < 1.29 is 4.74 Å². The predicted molar refractivity (Wildman–Crippen MR) is 95.7 cm³/mol. The molecule has 1 atom stereocenters. The van der Waals surface area contributed by atoms with Gasteiger partial charge in [0, 0.05) is 12.5 Å². The second-order valence-electron chi connectivity index (χ2n) is 6.47. The van der Waals surface area contributed by atoms with E-state index in [4.69, 9.17) is 10.5 Å². The highest BCUT2D eigenvalue weighted by Crippen LogP contribution is 2.28. The normalized spacial score (nSPS) is 17.2. The van der Waals surface area contributed by atoms with Crippen molar-refractivity contribution in [3.05, 3.63) is 23.5 Å². The minimum Gasteiger partial charge on any atom is -0.492 e. The predicted octanol–water partition coefficient (Wildman–Crippen LogP) is 5.05. The molecule has 0 amide bonds. The standard InChI is InChI=1S/C18H33NOS/c1-5-13-21-14-7-12-18(3,4)20-16-10-8-15(9-11-16)17(19)6-2/h8,10,17H,5-7,9,11-14,19H2,1-4H3. The average molecular weight is 312 g/mol. The fraction of sp³-hybridized carbons (Fsp3) is 0.778. The van der Waals surface area contributed by atoms with Crippen LogP contribution in [0.1, 0.15) is 66.2 Å². The molecular weight excluding hydrogens is 278 g/mol. The van der Waals surface area contributed by atoms with E-state index in [2.05, 4.69) is 51.6 Å². The second-order valence-corrected chi connectivity index (χ2v) is 7.69. The molecular formula is C18H33NOS. The summed E-state index contributed by atoms with van der Waals surface area (Å²) in [5.41, 5.74) is 7.39. The van der Waals surface area contributed by atoms with E-state index in [1.54, 1.807) is 0 Å². The third-order valence-corrected chi connectivity index (χ3v) is 5.16. The number of thioether (sulfide) groups is 1. The Morgan fingerprint density at radius 1 is 1.24 bits per heavy atom. The van der Waals surface area contributed by atoms with Crippen molar-refractivity contribution in [2.75, 3.05) is 11.5 Å². The molecule has 0 bridgehead atoms. The topological polar surface area (TPSA) is 35.2 Å². The molecule has 0 aromatic rings. The molecule has 0 aliphatic heterocycles. The van der Waals surface area contributed by atoms with E-state index in [1.165, 1.54) is 29.9 Å². The Hall–Kier alpha value is -0.410. The van der Waals surface area contributed by atoms with E-state index < -0.39 is 0 Å². The SMILES string of the molecule is CCCSCCCC(C)(C)OC1=CC=C(C(N)CC)CC1. The third kappa shape index (κ3) is 7.42. The van der Waals surface area contributed by atoms with Crippen molar-refractivity contribution in [3.63, 3.8) is 0 Å². The van der Waals surface area contributed by atoms with Crippen LogP contribution in [0.2, 0.25) is 0 Å². The summed E-state index contributed by atoms with van der Waals surface area (Å²) in [5.74, 6) is 3.64. The summed E-state index contributed by atoms with van der Waals surface area (Å²) < 4.78 is 6.21. The van der Waals surface area contributed by atoms with E-state index in [-0.39, 0.29) is 11.6 Å². The zero-order valence-electron chi connectivity index (χ0n) is 14.3. The molecule has 0 saturated carbocycles. The number of hydrogen-bond acceptors (Lipinski definition) is 3. The quantitative estimate of drug-likeness (QED) is 0.574. The molecule has 122 valence electrons. The van der Waals surface area contributed by atoms with Crippen molar-refractivity contribution in [2.45, 2.75) is 77.9 Å². The van der Waals surface area contributed by atoms with Crippen molar-refractivity contribution in [3.8, 4) is 0 Å². The molecule has 0 aromatic heterocycles. The molecule has 2 nitrogen and oxygen atoms in total. The molecule has 3 heteroatoms. The maximum atomic E-state index is 6.21. The van der Waals surface area contributed by atoms with Gasteiger partial charge >= 0.3 is 0 Å². The number of hydrogen-bond donors (Lipinski definition) is 1. The molecule has 1 unspecified atom stereocenters. The first kappa shape index (κ1) is 18.6. The highest BCUT2D eigenvalue weighted by molar-refractivity contribution is 7.99. The molecule has 0 radical (unpaired) electrons. The minimum absolute atomic E-state index is 0.0587. The lowest BCUT2D eigenvalue weighted by Gasteiger charge is -2.30. The van der Waals surface area contributed by atoms with Crippen LogP contribution < -0.4 is 5.73 Å². The lowest BCUT2D eigenvalue weighted by Crippen LogP contribution is -2.26. The van der Waals surface area contributed by atoms with Crippen LogP contribution in [-0.4, -0.2) is 23.1 Å². The summed E-state index contributed by atoms with van der Waals surface area (Å²) >= 11 is 2.05. The highest BCUT2D eigenvalue weighted by atomic mass is 32.2. The smallest absolute Gasteiger partial charge is 0.103 e. The molecule has 2 N–H and O–H groups in total. The highest BCUT2D eigenvalue weighted by Gasteiger charge is 2.22. The zero-order valence-corrected chi connectivity index (χ0v) is 15.1. The van der Waals surface area contributed by atoms with Gasteiger partial charge in [-0.2, -0.15) is 11.8 Å². The van der Waals surface area contributed by atoms with Gasteiger partial charge in [-0.3, -0.25) is 0 Å².